The Morgan fingerprint density at radius 1 is 0.536 bits per heavy atom. The summed E-state index contributed by atoms with van der Waals surface area (Å²) in [5.74, 6) is -0.572. The number of esters is 2. The normalized spacial score (nSPS) is 36.1. The van der Waals surface area contributed by atoms with Crippen molar-refractivity contribution in [3.8, 4) is 11.5 Å². The van der Waals surface area contributed by atoms with E-state index in [-0.39, 0.29) is 115 Å². The number of fused-ring (bicyclic) bond motifs is 14. The molecule has 0 amide bonds. The Labute approximate surface area is 661 Å². The number of carbonyl (C=O) groups excluding carboxylic acids is 4. The van der Waals surface area contributed by atoms with E-state index in [9.17, 15) is 48.6 Å². The second-order valence-corrected chi connectivity index (χ2v) is 42.1. The predicted molar refractivity (Wildman–Crippen MR) is 426 cm³/mol. The lowest BCUT2D eigenvalue weighted by Crippen LogP contribution is -2.65. The molecule has 3 heterocycles. The van der Waals surface area contributed by atoms with Crippen molar-refractivity contribution in [2.75, 3.05) is 0 Å². The van der Waals surface area contributed by atoms with Crippen LogP contribution in [0.4, 0.5) is 0 Å². The average Bonchev–Trinajstić information content (AvgIpc) is 1.14. The van der Waals surface area contributed by atoms with Gasteiger partial charge in [0.05, 0.1) is 34.4 Å². The van der Waals surface area contributed by atoms with Gasteiger partial charge in [0, 0.05) is 83.3 Å². The minimum atomic E-state index is -1.63. The van der Waals surface area contributed by atoms with Gasteiger partial charge in [-0.15, -0.1) is 0 Å². The minimum absolute atomic E-state index is 0.0137. The monoisotopic (exact) mass is 1550 g/mol. The largest absolute Gasteiger partial charge is 0.481 e. The summed E-state index contributed by atoms with van der Waals surface area (Å²) in [6, 6.07) is 12.2. The standard InChI is InChI=1S/C91H123Cl2N5O12/c1-51(2)74-61(99)46-90(38-36-86(14)58(76(74)90)22-25-65-84(12)32-30-67(109-72(103)48-80(5,6)78(105)106)81(7,8)63(84)28-34-88(65,86)16)44-56-41-70(101)97(95(56)18)55-21-24-60(93)53(40-55)43-83(11,79(107)108)49-73(104)110-68-31-33-85(13)64(82(68,9)10)29-35-89(17)66(85)26-23-59-77-75(52(3)4)62(100)47-91(77,39-37-87(59,89)15)45-57-42-71(102)98(96(57)19)69-27-20-54(92)50-94-69/h20-21,24,27,40-42,50-52,58-59,63-68H,22-23,25-26,28-39,43-49H2,1-19H3,(H,105,106)(H,107,108)/t58-,59-,63+,64+,65-,66-,67+,68+,83?,84+,85+,86-,87-,88-,89-,90?,91-/m1/s1. The summed E-state index contributed by atoms with van der Waals surface area (Å²) in [5.41, 5.74) is 1.86. The third-order valence-corrected chi connectivity index (χ3v) is 34.6. The number of benzene rings is 1. The average molecular weight is 1550 g/mol. The summed E-state index contributed by atoms with van der Waals surface area (Å²) < 4.78 is 19.9. The topological polar surface area (TPSA) is 228 Å². The highest BCUT2D eigenvalue weighted by Crippen LogP contribution is 2.79. The van der Waals surface area contributed by atoms with Crippen LogP contribution in [0.15, 0.2) is 80.5 Å². The lowest BCUT2D eigenvalue weighted by Gasteiger charge is -2.72. The van der Waals surface area contributed by atoms with Crippen LogP contribution in [0.3, 0.4) is 0 Å². The summed E-state index contributed by atoms with van der Waals surface area (Å²) in [5, 5.41) is 21.8. The van der Waals surface area contributed by atoms with Crippen LogP contribution in [0, 0.1) is 112 Å². The first-order valence-electron chi connectivity index (χ1n) is 41.5. The van der Waals surface area contributed by atoms with Gasteiger partial charge >= 0.3 is 23.9 Å². The molecule has 19 heteroatoms. The SMILES string of the molecule is CC(C)C1=C2[C@H]3CC[C@@H]4[C@@]5(C)CC[C@H](OC(=O)CC(C)(C)C(=O)O)C(C)(C)[C@@H]5CC[C@@]4(C)[C@]3(C)CCC2(Cc2cc(=O)n(-c3ccc(Cl)c(CC(C)(CC(=O)O[C@H]4CC[C@]5(C)[C@H]6CC[C@@H]7C8=C(C(C)C)C(=O)C[C@]8(Cc8cc(=O)n(-c9ccc(Cl)cn9)n8C)CC[C@@]7(C)[C@]6(C)CC[C@H]5C4(C)C)C(=O)O)c3)n2C)CC1=O. The zero-order valence-electron chi connectivity index (χ0n) is 69.1. The van der Waals surface area contributed by atoms with Crippen molar-refractivity contribution in [2.45, 2.75) is 278 Å². The number of carboxylic acids is 2. The Balaban J connectivity index is 0.660. The number of nitrogens with zero attached hydrogens (tertiary/aromatic N) is 5. The molecule has 1 aromatic carbocycles. The number of carboxylic acid groups (broad SMARTS) is 2. The first-order chi connectivity index (χ1) is 51.1. The van der Waals surface area contributed by atoms with E-state index < -0.39 is 63.5 Å². The maximum atomic E-state index is 14.8. The molecule has 17 atom stereocenters. The number of allylic oxidation sites excluding steroid dienone is 4. The number of rotatable bonds is 18. The van der Waals surface area contributed by atoms with Crippen LogP contribution in [0.5, 0.6) is 0 Å². The molecule has 3 aromatic heterocycles. The van der Waals surface area contributed by atoms with E-state index in [2.05, 4.69) is 102 Å². The maximum Gasteiger partial charge on any atom is 0.310 e. The highest BCUT2D eigenvalue weighted by Gasteiger charge is 2.73. The van der Waals surface area contributed by atoms with Crippen molar-refractivity contribution < 1.29 is 48.5 Å². The van der Waals surface area contributed by atoms with Crippen molar-refractivity contribution in [1.82, 2.24) is 23.7 Å². The van der Waals surface area contributed by atoms with Crippen molar-refractivity contribution in [3.63, 3.8) is 0 Å². The molecule has 0 saturated heterocycles. The van der Waals surface area contributed by atoms with Crippen molar-refractivity contribution >= 4 is 58.6 Å². The molecule has 0 radical (unpaired) electrons. The lowest BCUT2D eigenvalue weighted by atomic mass is 9.33. The Kier molecular flexibility index (Phi) is 19.6. The Morgan fingerprint density at radius 3 is 1.43 bits per heavy atom. The lowest BCUT2D eigenvalue weighted by molar-refractivity contribution is -0.233. The van der Waals surface area contributed by atoms with E-state index in [0.29, 0.717) is 71.1 Å². The van der Waals surface area contributed by atoms with E-state index in [4.69, 9.17) is 32.7 Å². The van der Waals surface area contributed by atoms with Gasteiger partial charge in [0.25, 0.3) is 11.1 Å². The number of ether oxygens (including phenoxy) is 2. The first-order valence-corrected chi connectivity index (χ1v) is 42.3. The van der Waals surface area contributed by atoms with Gasteiger partial charge in [-0.2, -0.15) is 4.68 Å². The number of aromatic nitrogens is 5. The molecule has 10 aliphatic carbocycles. The van der Waals surface area contributed by atoms with Crippen LogP contribution >= 0.6 is 23.2 Å². The molecule has 8 saturated carbocycles. The van der Waals surface area contributed by atoms with E-state index >= 15 is 0 Å². The summed E-state index contributed by atoms with van der Waals surface area (Å²) in [6.45, 7) is 37.6. The van der Waals surface area contributed by atoms with Crippen LogP contribution in [-0.4, -0.2) is 81.6 Å². The summed E-state index contributed by atoms with van der Waals surface area (Å²) >= 11 is 13.3. The van der Waals surface area contributed by atoms with E-state index in [0.717, 1.165) is 119 Å². The van der Waals surface area contributed by atoms with Gasteiger partial charge in [-0.3, -0.25) is 47.7 Å². The van der Waals surface area contributed by atoms with Gasteiger partial charge in [-0.1, -0.05) is 131 Å². The van der Waals surface area contributed by atoms with Gasteiger partial charge in [-0.05, 0) is 270 Å². The van der Waals surface area contributed by atoms with Gasteiger partial charge in [0.15, 0.2) is 17.4 Å². The Hall–Kier alpha value is -6.33. The quantitative estimate of drug-likeness (QED) is 0.0885. The summed E-state index contributed by atoms with van der Waals surface area (Å²) in [4.78, 5) is 116. The molecule has 8 fully saturated rings. The molecule has 2 unspecified atom stereocenters. The molecule has 10 aliphatic rings. The van der Waals surface area contributed by atoms with Crippen LogP contribution in [0.1, 0.15) is 263 Å². The number of ketones is 2. The van der Waals surface area contributed by atoms with Gasteiger partial charge in [0.2, 0.25) is 0 Å². The maximum absolute atomic E-state index is 14.8. The highest BCUT2D eigenvalue weighted by atomic mass is 35.5. The molecule has 0 aliphatic heterocycles. The molecular formula is C91H123Cl2N5O12. The molecule has 4 aromatic rings. The minimum Gasteiger partial charge on any atom is -0.481 e. The zero-order valence-corrected chi connectivity index (χ0v) is 70.6. The van der Waals surface area contributed by atoms with Crippen LogP contribution in [-0.2, 0) is 71.6 Å². The number of halogens is 2. The Morgan fingerprint density at radius 2 is 0.991 bits per heavy atom. The van der Waals surface area contributed by atoms with Gasteiger partial charge < -0.3 is 19.7 Å². The highest BCUT2D eigenvalue weighted by molar-refractivity contribution is 6.31. The van der Waals surface area contributed by atoms with Crippen LogP contribution in [0.2, 0.25) is 10.0 Å². The number of hydrogen-bond donors (Lipinski definition) is 2. The van der Waals surface area contributed by atoms with E-state index in [1.165, 1.54) is 11.1 Å². The molecule has 0 bridgehead atoms. The third-order valence-electron chi connectivity index (χ3n) is 34.0. The van der Waals surface area contributed by atoms with Gasteiger partial charge in [0.1, 0.15) is 12.2 Å². The fourth-order valence-electron chi connectivity index (χ4n) is 28.1. The van der Waals surface area contributed by atoms with E-state index in [1.54, 1.807) is 78.8 Å². The fourth-order valence-corrected chi connectivity index (χ4v) is 28.4. The number of hydrogen-bond acceptors (Lipinski definition) is 11. The van der Waals surface area contributed by atoms with Gasteiger partial charge in [-0.25, -0.2) is 9.67 Å². The molecular weight excluding hydrogens is 1430 g/mol. The zero-order chi connectivity index (χ0) is 80.1. The third kappa shape index (κ3) is 11.9. The number of pyridine rings is 1. The van der Waals surface area contributed by atoms with Crippen LogP contribution < -0.4 is 11.1 Å². The summed E-state index contributed by atoms with van der Waals surface area (Å²) in [7, 11) is 3.80. The first kappa shape index (κ1) is 80.3. The van der Waals surface area contributed by atoms with Crippen LogP contribution in [0.25, 0.3) is 11.5 Å². The van der Waals surface area contributed by atoms with Crippen molar-refractivity contribution in [2.24, 2.45) is 126 Å². The summed E-state index contributed by atoms with van der Waals surface area (Å²) in [6.07, 6.45) is 16.6. The van der Waals surface area contributed by atoms with Crippen molar-refractivity contribution in [1.29, 1.82) is 0 Å². The second kappa shape index (κ2) is 26.9. The molecule has 2 N–H and O–H groups in total. The molecule has 0 spiro atoms. The van der Waals surface area contributed by atoms with Crippen molar-refractivity contribution in [3.05, 3.63) is 119 Å². The number of aliphatic carboxylic acids is 2. The number of carbonyl (C=O) groups is 6. The Bertz CT molecular complexity index is 4680. The molecule has 110 heavy (non-hydrogen) atoms. The molecule has 598 valence electrons. The smallest absolute Gasteiger partial charge is 0.310 e. The number of Topliss-reactive ketones (excluding diaryl/α,β-unsaturated/α-hetero) is 2. The van der Waals surface area contributed by atoms with E-state index in [1.807, 2.05) is 23.5 Å². The molecule has 14 rings (SSSR count). The molecule has 17 nitrogen and oxygen atoms in total. The fraction of sp³-hybridized carbons (Fsp3) is 0.703. The second-order valence-electron chi connectivity index (χ2n) is 41.3. The predicted octanol–water partition coefficient (Wildman–Crippen LogP) is 18.5.